The van der Waals surface area contributed by atoms with Gasteiger partial charge in [-0.3, -0.25) is 4.57 Å². The molecule has 5 heteroatoms. The van der Waals surface area contributed by atoms with Crippen LogP contribution in [0.5, 0.6) is 0 Å². The van der Waals surface area contributed by atoms with Gasteiger partial charge in [-0.05, 0) is 24.7 Å². The average molecular weight is 824 g/mol. The minimum Gasteiger partial charge on any atom is -0.315 e. The molecule has 0 fully saturated rings. The third-order valence-electron chi connectivity index (χ3n) is 8.85. The van der Waals surface area contributed by atoms with E-state index in [1.54, 1.807) is 14.4 Å². The summed E-state index contributed by atoms with van der Waals surface area (Å²) in [6.07, 6.45) is 3.44. The zero-order valence-electron chi connectivity index (χ0n) is 25.3. The molecule has 6 aromatic carbocycles. The fraction of sp³-hybridized carbons (Fsp3) is 0.0750. The van der Waals surface area contributed by atoms with Gasteiger partial charge in [-0.25, -0.2) is 0 Å². The van der Waals surface area contributed by atoms with E-state index in [1.807, 2.05) is 30.3 Å². The van der Waals surface area contributed by atoms with E-state index in [0.29, 0.717) is 6.71 Å². The number of fused-ring (bicyclic) bond motifs is 6. The summed E-state index contributed by atoms with van der Waals surface area (Å²) < 4.78 is 7.30. The quantitative estimate of drug-likeness (QED) is 0.136. The van der Waals surface area contributed by atoms with Crippen LogP contribution < -0.4 is 29.9 Å². The molecule has 0 aliphatic carbocycles. The monoisotopic (exact) mass is 824 g/mol. The Morgan fingerprint density at radius 2 is 1.33 bits per heavy atom. The first kappa shape index (κ1) is 29.8. The Kier molecular flexibility index (Phi) is 7.78. The topological polar surface area (TPSA) is 8.81 Å². The molecule has 2 aliphatic heterocycles. The molecule has 0 saturated heterocycles. The summed E-state index contributed by atoms with van der Waals surface area (Å²) in [7, 11) is 0. The molecule has 0 N–H and O–H groups in total. The van der Waals surface area contributed by atoms with Gasteiger partial charge in [-0.1, -0.05) is 42.0 Å². The first-order valence-electron chi connectivity index (χ1n) is 14.9. The second-order valence-corrected chi connectivity index (χ2v) is 19.2. The summed E-state index contributed by atoms with van der Waals surface area (Å²) in [5, 5.41) is 0. The first-order valence-corrected chi connectivity index (χ1v) is 20.0. The predicted octanol–water partition coefficient (Wildman–Crippen LogP) is 4.73. The Balaban J connectivity index is 0.000000141. The van der Waals surface area contributed by atoms with Crippen LogP contribution in [-0.4, -0.2) is 24.1 Å². The van der Waals surface area contributed by atoms with Gasteiger partial charge in [0.1, 0.15) is 0 Å². The first-order chi connectivity index (χ1) is 21.5. The molecular formula is C40H30BN2PtSe+. The molecule has 2 nitrogen and oxygen atoms in total. The van der Waals surface area contributed by atoms with E-state index >= 15 is 0 Å². The summed E-state index contributed by atoms with van der Waals surface area (Å²) in [6, 6.07) is 55.0. The van der Waals surface area contributed by atoms with Crippen LogP contribution in [0.1, 0.15) is 5.56 Å². The molecule has 0 bridgehead atoms. The zero-order chi connectivity index (χ0) is 29.8. The fourth-order valence-corrected chi connectivity index (χ4v) is 12.2. The van der Waals surface area contributed by atoms with Crippen molar-refractivity contribution in [2.45, 2.75) is 18.6 Å². The SMILES string of the molecule is C[Se]1(C)c2ccc[c-]c2B2c3[c-]cccc3-c3cccc1c32.Cc1ccc(-[n+]2[c-]n(-c3[c-]cccc3)c3ccccc32)cc1.[Pt+4]. The molecular weight excluding hydrogens is 793 g/mol. The van der Waals surface area contributed by atoms with Crippen LogP contribution in [0.4, 0.5) is 0 Å². The molecule has 0 radical (unpaired) electrons. The standard InChI is InChI=1S/C20H15BSe.C20H15N2.Pt/c1-22(2)18-12-6-5-11-17(18)21-16-10-4-3-8-14(16)15-9-7-13-19(22)20(15)21;1-16-11-13-18(14-12-16)22-15-21(17-7-3-2-4-8-17)19-9-5-6-10-20(19)22;/h3-9,12-13H,1-2H3;2-7,9-14H,1H3;/q-2;-1;+4. The molecule has 0 unspecified atom stereocenters. The van der Waals surface area contributed by atoms with Gasteiger partial charge in [0.2, 0.25) is 0 Å². The molecule has 0 amide bonds. The van der Waals surface area contributed by atoms with Crippen LogP contribution in [0, 0.1) is 31.5 Å². The Morgan fingerprint density at radius 3 is 2.13 bits per heavy atom. The van der Waals surface area contributed by atoms with E-state index in [9.17, 15) is 0 Å². The van der Waals surface area contributed by atoms with Crippen LogP contribution in [0.3, 0.4) is 0 Å². The predicted molar refractivity (Wildman–Crippen MR) is 185 cm³/mol. The third kappa shape index (κ3) is 4.88. The number of hydrogen-bond donors (Lipinski definition) is 0. The molecule has 0 saturated carbocycles. The summed E-state index contributed by atoms with van der Waals surface area (Å²) in [4.78, 5) is 0. The largest absolute Gasteiger partial charge is 4.00 e. The van der Waals surface area contributed by atoms with Crippen LogP contribution in [0.25, 0.3) is 33.5 Å². The number of rotatable bonds is 2. The van der Waals surface area contributed by atoms with Crippen molar-refractivity contribution in [1.82, 2.24) is 4.57 Å². The van der Waals surface area contributed by atoms with E-state index in [1.165, 1.54) is 27.6 Å². The summed E-state index contributed by atoms with van der Waals surface area (Å²) in [6.45, 7) is 2.43. The van der Waals surface area contributed by atoms with Crippen molar-refractivity contribution in [3.63, 3.8) is 0 Å². The van der Waals surface area contributed by atoms with Crippen LogP contribution in [0.2, 0.25) is 11.6 Å². The Bertz CT molecular complexity index is 2170. The van der Waals surface area contributed by atoms with Crippen LogP contribution in [-0.2, 0) is 21.1 Å². The molecule has 0 spiro atoms. The van der Waals surface area contributed by atoms with Gasteiger partial charge in [0, 0.05) is 0 Å². The van der Waals surface area contributed by atoms with Crippen LogP contribution >= 0.6 is 0 Å². The number of imidazole rings is 1. The van der Waals surface area contributed by atoms with Gasteiger partial charge in [0.05, 0.1) is 16.7 Å². The average Bonchev–Trinajstić information content (AvgIpc) is 3.62. The Hall–Kier alpha value is -3.94. The smallest absolute Gasteiger partial charge is 0.315 e. The normalized spacial score (nSPS) is 13.9. The molecule has 218 valence electrons. The molecule has 45 heavy (non-hydrogen) atoms. The molecule has 1 aromatic heterocycles. The fourth-order valence-electron chi connectivity index (χ4n) is 6.75. The van der Waals surface area contributed by atoms with Crippen molar-refractivity contribution in [3.05, 3.63) is 157 Å². The zero-order valence-corrected chi connectivity index (χ0v) is 29.3. The molecule has 9 rings (SSSR count). The van der Waals surface area contributed by atoms with Crippen molar-refractivity contribution in [2.24, 2.45) is 0 Å². The summed E-state index contributed by atoms with van der Waals surface area (Å²) in [5.41, 5.74) is 12.7. The molecule has 2 aliphatic rings. The second kappa shape index (κ2) is 11.8. The van der Waals surface area contributed by atoms with Crippen molar-refractivity contribution >= 4 is 55.9 Å². The van der Waals surface area contributed by atoms with Gasteiger partial charge in [-0.15, -0.1) is 0 Å². The number of aromatic nitrogens is 2. The third-order valence-corrected chi connectivity index (χ3v) is 15.0. The minimum absolute atomic E-state index is 0. The number of aryl methyl sites for hydroxylation is 1. The number of nitrogens with zero attached hydrogens (tertiary/aromatic N) is 2. The van der Waals surface area contributed by atoms with Crippen molar-refractivity contribution in [1.29, 1.82) is 0 Å². The summed E-state index contributed by atoms with van der Waals surface area (Å²) in [5.74, 6) is 4.98. The van der Waals surface area contributed by atoms with Crippen molar-refractivity contribution in [2.75, 3.05) is 0 Å². The maximum absolute atomic E-state index is 3.58. The Labute approximate surface area is 283 Å². The van der Waals surface area contributed by atoms with Gasteiger partial charge in [-0.2, -0.15) is 30.3 Å². The Morgan fingerprint density at radius 1 is 0.644 bits per heavy atom. The maximum atomic E-state index is 3.58. The van der Waals surface area contributed by atoms with Crippen molar-refractivity contribution < 1.29 is 25.6 Å². The van der Waals surface area contributed by atoms with E-state index in [4.69, 9.17) is 0 Å². The van der Waals surface area contributed by atoms with Gasteiger partial charge in [0.25, 0.3) is 6.33 Å². The summed E-state index contributed by atoms with van der Waals surface area (Å²) >= 11 is -1.86. The van der Waals surface area contributed by atoms with E-state index < -0.39 is 12.8 Å². The van der Waals surface area contributed by atoms with Gasteiger partial charge >= 0.3 is 155 Å². The molecule has 7 aromatic rings. The molecule has 0 atom stereocenters. The molecule has 3 heterocycles. The minimum atomic E-state index is -1.86. The van der Waals surface area contributed by atoms with E-state index in [-0.39, 0.29) is 21.1 Å². The van der Waals surface area contributed by atoms with Gasteiger partial charge in [0.15, 0.2) is 0 Å². The van der Waals surface area contributed by atoms with Crippen molar-refractivity contribution in [3.8, 4) is 22.5 Å². The second-order valence-electron chi connectivity index (χ2n) is 11.8. The number of para-hydroxylation sites is 3. The van der Waals surface area contributed by atoms with E-state index in [0.717, 1.165) is 22.4 Å². The van der Waals surface area contributed by atoms with E-state index in [2.05, 4.69) is 149 Å². The number of benzene rings is 6. The number of hydrogen-bond acceptors (Lipinski definition) is 0. The van der Waals surface area contributed by atoms with Crippen LogP contribution in [0.15, 0.2) is 127 Å². The maximum Gasteiger partial charge on any atom is 4.00 e. The van der Waals surface area contributed by atoms with Gasteiger partial charge < -0.3 is 4.57 Å².